The predicted octanol–water partition coefficient (Wildman–Crippen LogP) is 2.65. The molecule has 0 aliphatic carbocycles. The van der Waals surface area contributed by atoms with Gasteiger partial charge in [0.1, 0.15) is 0 Å². The van der Waals surface area contributed by atoms with Crippen molar-refractivity contribution < 1.29 is 9.59 Å². The van der Waals surface area contributed by atoms with E-state index in [0.717, 1.165) is 5.56 Å². The van der Waals surface area contributed by atoms with Crippen molar-refractivity contribution in [2.75, 3.05) is 11.4 Å². The highest BCUT2D eigenvalue weighted by Crippen LogP contribution is 2.25. The van der Waals surface area contributed by atoms with E-state index >= 15 is 0 Å². The standard InChI is InChI=1S/C11H12ClN3O2/c1-3-15(11(17)14-12)9-5-4-8(2)10(6-9)13-7-16/h4-6H,3H2,1-2H3,(H,14,17). The number of benzene rings is 1. The number of halogens is 1. The molecule has 0 fully saturated rings. The summed E-state index contributed by atoms with van der Waals surface area (Å²) in [5, 5.41) is 0. The van der Waals surface area contributed by atoms with Crippen LogP contribution >= 0.6 is 11.8 Å². The summed E-state index contributed by atoms with van der Waals surface area (Å²) in [6.07, 6.45) is 1.48. The van der Waals surface area contributed by atoms with Gasteiger partial charge < -0.3 is 0 Å². The average Bonchev–Trinajstić information content (AvgIpc) is 2.34. The van der Waals surface area contributed by atoms with E-state index in [1.807, 2.05) is 18.7 Å². The smallest absolute Gasteiger partial charge is 0.294 e. The summed E-state index contributed by atoms with van der Waals surface area (Å²) in [4.78, 5) is 28.8. The molecule has 1 aromatic carbocycles. The second-order valence-corrected chi connectivity index (χ2v) is 3.51. The van der Waals surface area contributed by atoms with Gasteiger partial charge in [0.05, 0.1) is 5.69 Å². The van der Waals surface area contributed by atoms with Gasteiger partial charge >= 0.3 is 6.03 Å². The highest BCUT2D eigenvalue weighted by molar-refractivity contribution is 6.23. The Morgan fingerprint density at radius 1 is 1.59 bits per heavy atom. The summed E-state index contributed by atoms with van der Waals surface area (Å²) in [5.41, 5.74) is 1.93. The van der Waals surface area contributed by atoms with Gasteiger partial charge in [0.25, 0.3) is 0 Å². The van der Waals surface area contributed by atoms with Gasteiger partial charge in [-0.15, -0.1) is 0 Å². The molecule has 0 spiro atoms. The molecule has 2 amide bonds. The lowest BCUT2D eigenvalue weighted by atomic mass is 10.1. The van der Waals surface area contributed by atoms with Crippen molar-refractivity contribution in [3.63, 3.8) is 0 Å². The Hall–Kier alpha value is -1.84. The second-order valence-electron chi connectivity index (χ2n) is 3.32. The molecule has 1 aromatic rings. The number of aryl methyl sites for hydroxylation is 1. The van der Waals surface area contributed by atoms with Crippen LogP contribution in [0.3, 0.4) is 0 Å². The zero-order valence-electron chi connectivity index (χ0n) is 9.53. The fraction of sp³-hybridized carbons (Fsp3) is 0.273. The Morgan fingerprint density at radius 3 is 2.82 bits per heavy atom. The maximum atomic E-state index is 11.5. The van der Waals surface area contributed by atoms with Crippen molar-refractivity contribution in [1.29, 1.82) is 0 Å². The minimum atomic E-state index is -0.431. The molecule has 0 heterocycles. The quantitative estimate of drug-likeness (QED) is 0.511. The molecule has 1 N–H and O–H groups in total. The summed E-state index contributed by atoms with van der Waals surface area (Å²) >= 11 is 5.28. The molecule has 0 saturated heterocycles. The number of rotatable bonds is 3. The molecular formula is C11H12ClN3O2. The Labute approximate surface area is 104 Å². The summed E-state index contributed by atoms with van der Waals surface area (Å²) in [6.45, 7) is 4.08. The van der Waals surface area contributed by atoms with Gasteiger partial charge in [-0.25, -0.2) is 14.4 Å². The van der Waals surface area contributed by atoms with E-state index in [4.69, 9.17) is 11.8 Å². The van der Waals surface area contributed by atoms with Crippen LogP contribution in [0.2, 0.25) is 0 Å². The molecule has 17 heavy (non-hydrogen) atoms. The third-order valence-corrected chi connectivity index (χ3v) is 2.47. The van der Waals surface area contributed by atoms with Crippen LogP contribution in [0.25, 0.3) is 0 Å². The van der Waals surface area contributed by atoms with Crippen LogP contribution in [0.1, 0.15) is 12.5 Å². The summed E-state index contributed by atoms with van der Waals surface area (Å²) in [6, 6.07) is 4.74. The van der Waals surface area contributed by atoms with Crippen LogP contribution in [-0.4, -0.2) is 18.7 Å². The maximum Gasteiger partial charge on any atom is 0.336 e. The van der Waals surface area contributed by atoms with Crippen LogP contribution < -0.4 is 9.74 Å². The van der Waals surface area contributed by atoms with E-state index in [9.17, 15) is 9.59 Å². The summed E-state index contributed by atoms with van der Waals surface area (Å²) in [5.74, 6) is 0. The van der Waals surface area contributed by atoms with Crippen molar-refractivity contribution in [3.05, 3.63) is 23.8 Å². The fourth-order valence-corrected chi connectivity index (χ4v) is 1.53. The molecule has 0 saturated carbocycles. The molecule has 0 radical (unpaired) electrons. The largest absolute Gasteiger partial charge is 0.336 e. The van der Waals surface area contributed by atoms with Crippen molar-refractivity contribution >= 4 is 35.3 Å². The number of carbonyl (C=O) groups is 1. The number of nitrogens with zero attached hydrogens (tertiary/aromatic N) is 2. The Bertz CT molecular complexity index is 470. The monoisotopic (exact) mass is 253 g/mol. The first kappa shape index (κ1) is 13.2. The lowest BCUT2D eigenvalue weighted by Crippen LogP contribution is -2.35. The molecule has 5 nitrogen and oxygen atoms in total. The minimum Gasteiger partial charge on any atom is -0.294 e. The molecule has 0 unspecified atom stereocenters. The molecule has 0 aromatic heterocycles. The number of hydrogen-bond donors (Lipinski definition) is 1. The highest BCUT2D eigenvalue weighted by Gasteiger charge is 2.13. The summed E-state index contributed by atoms with van der Waals surface area (Å²) < 4.78 is 0. The fourth-order valence-electron chi connectivity index (χ4n) is 1.43. The first-order chi connectivity index (χ1) is 8.13. The predicted molar refractivity (Wildman–Crippen MR) is 66.4 cm³/mol. The van der Waals surface area contributed by atoms with Crippen molar-refractivity contribution in [2.24, 2.45) is 4.99 Å². The maximum absolute atomic E-state index is 11.5. The van der Waals surface area contributed by atoms with Crippen molar-refractivity contribution in [1.82, 2.24) is 4.84 Å². The van der Waals surface area contributed by atoms with E-state index in [1.165, 1.54) is 11.0 Å². The van der Waals surface area contributed by atoms with E-state index < -0.39 is 6.03 Å². The van der Waals surface area contributed by atoms with Crippen LogP contribution in [0.4, 0.5) is 16.2 Å². The number of carbonyl (C=O) groups excluding carboxylic acids is 2. The van der Waals surface area contributed by atoms with E-state index in [2.05, 4.69) is 4.99 Å². The number of nitrogens with one attached hydrogen (secondary N) is 1. The van der Waals surface area contributed by atoms with E-state index in [0.29, 0.717) is 17.9 Å². The second kappa shape index (κ2) is 6.03. The molecule has 6 heteroatoms. The number of amides is 2. The average molecular weight is 254 g/mol. The van der Waals surface area contributed by atoms with Gasteiger partial charge in [-0.1, -0.05) is 6.07 Å². The van der Waals surface area contributed by atoms with Gasteiger partial charge in [0.15, 0.2) is 0 Å². The van der Waals surface area contributed by atoms with Gasteiger partial charge in [0.2, 0.25) is 6.08 Å². The topological polar surface area (TPSA) is 61.8 Å². The number of urea groups is 1. The number of hydrogen-bond acceptors (Lipinski definition) is 3. The Kier molecular flexibility index (Phi) is 4.69. The number of isocyanates is 1. The van der Waals surface area contributed by atoms with Gasteiger partial charge in [-0.3, -0.25) is 4.90 Å². The zero-order chi connectivity index (χ0) is 12.8. The molecule has 0 bridgehead atoms. The van der Waals surface area contributed by atoms with Gasteiger partial charge in [-0.2, -0.15) is 4.99 Å². The first-order valence-electron chi connectivity index (χ1n) is 5.00. The van der Waals surface area contributed by atoms with Gasteiger partial charge in [0, 0.05) is 24.0 Å². The third-order valence-electron chi connectivity index (χ3n) is 2.31. The molecule has 0 aliphatic heterocycles. The Morgan fingerprint density at radius 2 is 2.29 bits per heavy atom. The zero-order valence-corrected chi connectivity index (χ0v) is 10.3. The van der Waals surface area contributed by atoms with Crippen molar-refractivity contribution in [2.45, 2.75) is 13.8 Å². The normalized spacial score (nSPS) is 9.35. The minimum absolute atomic E-state index is 0.431. The number of anilines is 1. The first-order valence-corrected chi connectivity index (χ1v) is 5.38. The van der Waals surface area contributed by atoms with E-state index in [1.54, 1.807) is 18.2 Å². The van der Waals surface area contributed by atoms with Crippen LogP contribution in [0.15, 0.2) is 23.2 Å². The van der Waals surface area contributed by atoms with Crippen LogP contribution in [-0.2, 0) is 4.79 Å². The lowest BCUT2D eigenvalue weighted by Gasteiger charge is -2.20. The van der Waals surface area contributed by atoms with Crippen LogP contribution in [0, 0.1) is 6.92 Å². The van der Waals surface area contributed by atoms with Crippen LogP contribution in [0.5, 0.6) is 0 Å². The lowest BCUT2D eigenvalue weighted by molar-refractivity contribution is 0.251. The highest BCUT2D eigenvalue weighted by atomic mass is 35.5. The Balaban J connectivity index is 3.17. The van der Waals surface area contributed by atoms with E-state index in [-0.39, 0.29) is 0 Å². The molecular weight excluding hydrogens is 242 g/mol. The van der Waals surface area contributed by atoms with Crippen molar-refractivity contribution in [3.8, 4) is 0 Å². The SMILES string of the molecule is CCN(C(=O)NCl)c1ccc(C)c(N=C=O)c1. The molecule has 0 aliphatic rings. The molecule has 0 atom stereocenters. The molecule has 90 valence electrons. The molecule has 1 rings (SSSR count). The number of aliphatic imine (C=N–C) groups is 1. The third kappa shape index (κ3) is 3.06. The van der Waals surface area contributed by atoms with Gasteiger partial charge in [-0.05, 0) is 31.5 Å². The summed E-state index contributed by atoms with van der Waals surface area (Å²) in [7, 11) is 0.